The van der Waals surface area contributed by atoms with Gasteiger partial charge in [-0.05, 0) is 13.0 Å². The number of aliphatic hydroxyl groups excluding tert-OH is 4. The fourth-order valence-corrected chi connectivity index (χ4v) is 4.19. The van der Waals surface area contributed by atoms with Gasteiger partial charge in [0, 0.05) is 28.0 Å². The normalized spacial score (nSPS) is 40.2. The van der Waals surface area contributed by atoms with Crippen LogP contribution in [0, 0.1) is 0 Å². The molecule has 176 valence electrons. The molecule has 0 aromatic heterocycles. The van der Waals surface area contributed by atoms with Gasteiger partial charge in [-0.1, -0.05) is 19.6 Å². The number of rotatable bonds is 8. The summed E-state index contributed by atoms with van der Waals surface area (Å²) in [7, 11) is -1.38. The van der Waals surface area contributed by atoms with E-state index in [0.717, 1.165) is 6.04 Å². The van der Waals surface area contributed by atoms with Crippen molar-refractivity contribution < 1.29 is 44.2 Å². The third-order valence-electron chi connectivity index (χ3n) is 5.34. The van der Waals surface area contributed by atoms with E-state index in [4.69, 9.17) is 18.9 Å². The molecule has 1 amide bonds. The van der Waals surface area contributed by atoms with Crippen LogP contribution in [0.2, 0.25) is 25.7 Å². The zero-order chi connectivity index (χ0) is 22.6. The molecule has 0 aromatic rings. The van der Waals surface area contributed by atoms with Crippen molar-refractivity contribution in [2.45, 2.75) is 101 Å². The van der Waals surface area contributed by atoms with E-state index >= 15 is 0 Å². The zero-order valence-electron chi connectivity index (χ0n) is 18.4. The van der Waals surface area contributed by atoms with E-state index in [1.54, 1.807) is 6.92 Å². The predicted molar refractivity (Wildman–Crippen MR) is 109 cm³/mol. The molecule has 0 saturated carbocycles. The molecule has 2 aliphatic heterocycles. The number of carbonyl (C=O) groups excluding carboxylic acids is 1. The van der Waals surface area contributed by atoms with Crippen molar-refractivity contribution in [3.05, 3.63) is 0 Å². The molecule has 0 spiro atoms. The molecule has 2 rings (SSSR count). The van der Waals surface area contributed by atoms with Crippen LogP contribution in [0.1, 0.15) is 20.3 Å². The van der Waals surface area contributed by atoms with Gasteiger partial charge in [-0.15, -0.1) is 0 Å². The van der Waals surface area contributed by atoms with Gasteiger partial charge < -0.3 is 44.7 Å². The first-order valence-corrected chi connectivity index (χ1v) is 14.1. The maximum atomic E-state index is 11.8. The van der Waals surface area contributed by atoms with E-state index in [1.165, 1.54) is 6.92 Å². The first kappa shape index (κ1) is 25.6. The Morgan fingerprint density at radius 1 is 1.13 bits per heavy atom. The third kappa shape index (κ3) is 6.94. The van der Waals surface area contributed by atoms with Gasteiger partial charge in [0.25, 0.3) is 0 Å². The second-order valence-electron chi connectivity index (χ2n) is 9.30. The monoisotopic (exact) mass is 451 g/mol. The Labute approximate surface area is 178 Å². The fraction of sp³-hybridized carbons (Fsp3) is 0.947. The van der Waals surface area contributed by atoms with Crippen molar-refractivity contribution in [3.8, 4) is 0 Å². The van der Waals surface area contributed by atoms with E-state index in [0.29, 0.717) is 6.61 Å². The molecular formula is C19H37NO9Si. The van der Waals surface area contributed by atoms with Gasteiger partial charge >= 0.3 is 0 Å². The SMILES string of the molecule is CC(=O)N[C@H]1[C@H](OCC[Si](C)(C)C)O[C@H](CO)[C@H](O)[C@@H]1O[C@@H]1O[C@H](C)[C@@H](O)C[C@@H]1O. The van der Waals surface area contributed by atoms with Crippen molar-refractivity contribution in [2.24, 2.45) is 0 Å². The lowest BCUT2D eigenvalue weighted by molar-refractivity contribution is -0.327. The van der Waals surface area contributed by atoms with Crippen LogP contribution in [-0.2, 0) is 23.7 Å². The first-order valence-electron chi connectivity index (χ1n) is 10.4. The lowest BCUT2D eigenvalue weighted by Crippen LogP contribution is -2.66. The van der Waals surface area contributed by atoms with E-state index in [2.05, 4.69) is 25.0 Å². The number of ether oxygens (including phenoxy) is 4. The molecule has 5 N–H and O–H groups in total. The van der Waals surface area contributed by atoms with Crippen LogP contribution < -0.4 is 5.32 Å². The molecule has 0 bridgehead atoms. The number of hydrogen-bond acceptors (Lipinski definition) is 9. The molecule has 9 atom stereocenters. The minimum absolute atomic E-state index is 0.0511. The lowest BCUT2D eigenvalue weighted by atomic mass is 9.96. The molecule has 0 radical (unpaired) electrons. The van der Waals surface area contributed by atoms with Gasteiger partial charge in [0.15, 0.2) is 12.6 Å². The second-order valence-corrected chi connectivity index (χ2v) is 14.9. The summed E-state index contributed by atoms with van der Waals surface area (Å²) in [5.74, 6) is -0.375. The van der Waals surface area contributed by atoms with E-state index in [-0.39, 0.29) is 12.3 Å². The molecule has 30 heavy (non-hydrogen) atoms. The topological polar surface area (TPSA) is 147 Å². The second kappa shape index (κ2) is 10.8. The maximum absolute atomic E-state index is 11.8. The molecule has 0 unspecified atom stereocenters. The number of aliphatic hydroxyl groups is 4. The van der Waals surface area contributed by atoms with Crippen molar-refractivity contribution in [1.82, 2.24) is 5.32 Å². The summed E-state index contributed by atoms with van der Waals surface area (Å²) < 4.78 is 23.1. The average molecular weight is 452 g/mol. The minimum atomic E-state index is -1.38. The highest BCUT2D eigenvalue weighted by molar-refractivity contribution is 6.76. The highest BCUT2D eigenvalue weighted by atomic mass is 28.3. The molecule has 11 heteroatoms. The Balaban J connectivity index is 2.19. The van der Waals surface area contributed by atoms with Crippen molar-refractivity contribution in [3.63, 3.8) is 0 Å². The van der Waals surface area contributed by atoms with Crippen LogP contribution in [0.25, 0.3) is 0 Å². The highest BCUT2D eigenvalue weighted by Gasteiger charge is 2.49. The lowest BCUT2D eigenvalue weighted by Gasteiger charge is -2.46. The van der Waals surface area contributed by atoms with E-state index in [1.807, 2.05) is 0 Å². The van der Waals surface area contributed by atoms with Crippen LogP contribution in [0.15, 0.2) is 0 Å². The standard InChI is InChI=1S/C19H37NO9Si/c1-10-12(23)8-13(24)18(27-10)29-17-15(20-11(2)22)19(26-6-7-30(3,4)5)28-14(9-21)16(17)25/h10,12-19,21,23-25H,6-9H2,1-5H3,(H,20,22)/t10-,12+,13+,14-,15-,16+,17-,18+,19-/m1/s1. The van der Waals surface area contributed by atoms with Crippen LogP contribution in [0.3, 0.4) is 0 Å². The minimum Gasteiger partial charge on any atom is -0.394 e. The Kier molecular flexibility index (Phi) is 9.22. The quantitative estimate of drug-likeness (QED) is 0.298. The Morgan fingerprint density at radius 3 is 2.37 bits per heavy atom. The van der Waals surface area contributed by atoms with Crippen molar-refractivity contribution in [2.75, 3.05) is 13.2 Å². The maximum Gasteiger partial charge on any atom is 0.217 e. The molecule has 2 fully saturated rings. The molecule has 2 saturated heterocycles. The summed E-state index contributed by atoms with van der Waals surface area (Å²) in [5.41, 5.74) is 0. The van der Waals surface area contributed by atoms with Crippen LogP contribution >= 0.6 is 0 Å². The summed E-state index contributed by atoms with van der Waals surface area (Å²) in [6.07, 6.45) is -7.95. The Hall–Kier alpha value is -0.633. The van der Waals surface area contributed by atoms with Crippen LogP contribution in [-0.4, -0.2) is 103 Å². The van der Waals surface area contributed by atoms with Crippen LogP contribution in [0.4, 0.5) is 0 Å². The molecule has 2 aliphatic rings. The fourth-order valence-electron chi connectivity index (χ4n) is 3.46. The molecule has 2 heterocycles. The average Bonchev–Trinajstić information content (AvgIpc) is 2.62. The van der Waals surface area contributed by atoms with Crippen molar-refractivity contribution >= 4 is 14.0 Å². The van der Waals surface area contributed by atoms with Gasteiger partial charge in [0.1, 0.15) is 30.5 Å². The molecule has 0 aliphatic carbocycles. The van der Waals surface area contributed by atoms with Crippen LogP contribution in [0.5, 0.6) is 0 Å². The molecule has 0 aromatic carbocycles. The smallest absolute Gasteiger partial charge is 0.217 e. The number of nitrogens with one attached hydrogen (secondary N) is 1. The summed E-state index contributed by atoms with van der Waals surface area (Å²) in [5, 5.41) is 43.2. The Morgan fingerprint density at radius 2 is 1.80 bits per heavy atom. The highest BCUT2D eigenvalue weighted by Crippen LogP contribution is 2.29. The largest absolute Gasteiger partial charge is 0.394 e. The van der Waals surface area contributed by atoms with Gasteiger partial charge in [-0.2, -0.15) is 0 Å². The summed E-state index contributed by atoms with van der Waals surface area (Å²) in [6, 6.07) is -0.0305. The van der Waals surface area contributed by atoms with Gasteiger partial charge in [0.05, 0.1) is 18.8 Å². The van der Waals surface area contributed by atoms with Gasteiger partial charge in [-0.3, -0.25) is 4.79 Å². The van der Waals surface area contributed by atoms with E-state index < -0.39 is 69.9 Å². The van der Waals surface area contributed by atoms with Crippen molar-refractivity contribution in [1.29, 1.82) is 0 Å². The summed E-state index contributed by atoms with van der Waals surface area (Å²) >= 11 is 0. The summed E-state index contributed by atoms with van der Waals surface area (Å²) in [6.45, 7) is 9.49. The zero-order valence-corrected chi connectivity index (χ0v) is 19.4. The number of carbonyl (C=O) groups is 1. The Bertz CT molecular complexity index is 561. The van der Waals surface area contributed by atoms with Gasteiger partial charge in [-0.25, -0.2) is 0 Å². The number of amides is 1. The predicted octanol–water partition coefficient (Wildman–Crippen LogP) is -0.834. The van der Waals surface area contributed by atoms with E-state index in [9.17, 15) is 25.2 Å². The molecule has 10 nitrogen and oxygen atoms in total. The van der Waals surface area contributed by atoms with Gasteiger partial charge in [0.2, 0.25) is 5.91 Å². The third-order valence-corrected chi connectivity index (χ3v) is 7.04. The summed E-state index contributed by atoms with van der Waals surface area (Å²) in [4.78, 5) is 11.8. The first-order chi connectivity index (χ1) is 13.9. The molecular weight excluding hydrogens is 414 g/mol. The number of hydrogen-bond donors (Lipinski definition) is 5.